The van der Waals surface area contributed by atoms with E-state index in [1.54, 1.807) is 7.11 Å². The molecule has 0 aromatic rings. The molecule has 6 heteroatoms. The summed E-state index contributed by atoms with van der Waals surface area (Å²) >= 11 is 0. The van der Waals surface area contributed by atoms with E-state index in [0.717, 1.165) is 32.3 Å². The van der Waals surface area contributed by atoms with E-state index >= 15 is 0 Å². The van der Waals surface area contributed by atoms with Crippen molar-refractivity contribution in [3.63, 3.8) is 0 Å². The van der Waals surface area contributed by atoms with E-state index in [0.29, 0.717) is 13.0 Å². The topological polar surface area (TPSA) is 66.4 Å². The van der Waals surface area contributed by atoms with Gasteiger partial charge in [-0.05, 0) is 39.0 Å². The Morgan fingerprint density at radius 3 is 2.74 bits per heavy atom. The van der Waals surface area contributed by atoms with Crippen LogP contribution >= 0.6 is 0 Å². The molecule has 0 bridgehead atoms. The lowest BCUT2D eigenvalue weighted by molar-refractivity contribution is -0.228. The largest absolute Gasteiger partial charge is 0.368 e. The van der Waals surface area contributed by atoms with Crippen LogP contribution < -0.4 is 0 Å². The van der Waals surface area contributed by atoms with Crippen molar-refractivity contribution in [2.24, 2.45) is 11.8 Å². The van der Waals surface area contributed by atoms with Gasteiger partial charge in [0.2, 0.25) is 0 Å². The SMILES string of the molecule is COC(C)(C)OCC1C(OC2CCCCO2)CC2OC(O)CC21. The van der Waals surface area contributed by atoms with Gasteiger partial charge in [-0.15, -0.1) is 0 Å². The van der Waals surface area contributed by atoms with Crippen LogP contribution in [-0.2, 0) is 23.7 Å². The van der Waals surface area contributed by atoms with Crippen molar-refractivity contribution in [2.45, 2.75) is 76.5 Å². The van der Waals surface area contributed by atoms with Gasteiger partial charge in [0.15, 0.2) is 18.4 Å². The molecule has 3 rings (SSSR count). The Labute approximate surface area is 138 Å². The van der Waals surface area contributed by atoms with Gasteiger partial charge in [-0.2, -0.15) is 0 Å². The average Bonchev–Trinajstić information content (AvgIpc) is 3.02. The molecule has 0 aromatic heterocycles. The fourth-order valence-corrected chi connectivity index (χ4v) is 3.86. The second-order valence-corrected chi connectivity index (χ2v) is 7.31. The fraction of sp³-hybridized carbons (Fsp3) is 1.00. The molecule has 0 aromatic carbocycles. The molecule has 3 aliphatic rings. The highest BCUT2D eigenvalue weighted by atomic mass is 16.7. The summed E-state index contributed by atoms with van der Waals surface area (Å²) in [6, 6.07) is 0. The minimum Gasteiger partial charge on any atom is -0.368 e. The van der Waals surface area contributed by atoms with Crippen LogP contribution in [0.1, 0.15) is 46.0 Å². The summed E-state index contributed by atoms with van der Waals surface area (Å²) in [5.41, 5.74) is 0. The minimum atomic E-state index is -0.658. The zero-order valence-corrected chi connectivity index (χ0v) is 14.4. The van der Waals surface area contributed by atoms with E-state index in [9.17, 15) is 5.11 Å². The van der Waals surface area contributed by atoms with Crippen molar-refractivity contribution in [2.75, 3.05) is 20.3 Å². The summed E-state index contributed by atoms with van der Waals surface area (Å²) in [5.74, 6) is -0.162. The molecule has 0 radical (unpaired) electrons. The Kier molecular flexibility index (Phi) is 5.61. The lowest BCUT2D eigenvalue weighted by atomic mass is 9.92. The van der Waals surface area contributed by atoms with Crippen LogP contribution in [0.4, 0.5) is 0 Å². The van der Waals surface area contributed by atoms with Gasteiger partial charge in [0.1, 0.15) is 0 Å². The number of hydrogen-bond acceptors (Lipinski definition) is 6. The average molecular weight is 330 g/mol. The molecular formula is C17H30O6. The van der Waals surface area contributed by atoms with E-state index in [1.807, 2.05) is 13.8 Å². The van der Waals surface area contributed by atoms with Crippen molar-refractivity contribution in [1.29, 1.82) is 0 Å². The third kappa shape index (κ3) is 4.24. The monoisotopic (exact) mass is 330 g/mol. The third-order valence-electron chi connectivity index (χ3n) is 5.35. The van der Waals surface area contributed by atoms with Crippen molar-refractivity contribution < 1.29 is 28.8 Å². The minimum absolute atomic E-state index is 0.0493. The number of fused-ring (bicyclic) bond motifs is 1. The Morgan fingerprint density at radius 2 is 2.04 bits per heavy atom. The highest BCUT2D eigenvalue weighted by Crippen LogP contribution is 2.45. The molecule has 1 saturated carbocycles. The van der Waals surface area contributed by atoms with Gasteiger partial charge in [0, 0.05) is 32.5 Å². The van der Waals surface area contributed by atoms with Gasteiger partial charge < -0.3 is 28.8 Å². The van der Waals surface area contributed by atoms with Crippen molar-refractivity contribution in [3.8, 4) is 0 Å². The molecule has 0 spiro atoms. The number of aliphatic hydroxyl groups excluding tert-OH is 1. The van der Waals surface area contributed by atoms with E-state index in [1.165, 1.54) is 0 Å². The van der Waals surface area contributed by atoms with Gasteiger partial charge in [-0.3, -0.25) is 0 Å². The first-order valence-corrected chi connectivity index (χ1v) is 8.78. The van der Waals surface area contributed by atoms with Crippen LogP contribution in [0.25, 0.3) is 0 Å². The van der Waals surface area contributed by atoms with Crippen molar-refractivity contribution >= 4 is 0 Å². The molecule has 2 heterocycles. The summed E-state index contributed by atoms with van der Waals surface area (Å²) in [5, 5.41) is 9.78. The summed E-state index contributed by atoms with van der Waals surface area (Å²) in [4.78, 5) is 0. The van der Waals surface area contributed by atoms with Crippen LogP contribution in [0.2, 0.25) is 0 Å². The van der Waals surface area contributed by atoms with Crippen LogP contribution in [0.5, 0.6) is 0 Å². The summed E-state index contributed by atoms with van der Waals surface area (Å²) < 4.78 is 28.9. The van der Waals surface area contributed by atoms with Gasteiger partial charge in [0.25, 0.3) is 0 Å². The Balaban J connectivity index is 1.62. The van der Waals surface area contributed by atoms with Gasteiger partial charge in [-0.1, -0.05) is 0 Å². The summed E-state index contributed by atoms with van der Waals surface area (Å²) in [7, 11) is 1.64. The molecule has 1 aliphatic carbocycles. The molecular weight excluding hydrogens is 300 g/mol. The van der Waals surface area contributed by atoms with Gasteiger partial charge >= 0.3 is 0 Å². The summed E-state index contributed by atoms with van der Waals surface area (Å²) in [6.45, 7) is 5.12. The van der Waals surface area contributed by atoms with E-state index in [4.69, 9.17) is 23.7 Å². The number of methoxy groups -OCH3 is 1. The summed E-state index contributed by atoms with van der Waals surface area (Å²) in [6.07, 6.45) is 3.99. The number of ether oxygens (including phenoxy) is 5. The molecule has 3 fully saturated rings. The molecule has 0 amide bonds. The molecule has 23 heavy (non-hydrogen) atoms. The molecule has 2 aliphatic heterocycles. The predicted molar refractivity (Wildman–Crippen MR) is 82.6 cm³/mol. The van der Waals surface area contributed by atoms with Crippen LogP contribution in [0, 0.1) is 11.8 Å². The van der Waals surface area contributed by atoms with Crippen LogP contribution in [0.15, 0.2) is 0 Å². The molecule has 134 valence electrons. The van der Waals surface area contributed by atoms with Crippen LogP contribution in [-0.4, -0.2) is 56.0 Å². The third-order valence-corrected chi connectivity index (χ3v) is 5.35. The highest BCUT2D eigenvalue weighted by Gasteiger charge is 2.51. The lowest BCUT2D eigenvalue weighted by Gasteiger charge is -2.32. The van der Waals surface area contributed by atoms with E-state index < -0.39 is 12.1 Å². The second-order valence-electron chi connectivity index (χ2n) is 7.31. The van der Waals surface area contributed by atoms with E-state index in [-0.39, 0.29) is 30.3 Å². The lowest BCUT2D eigenvalue weighted by Crippen LogP contribution is -2.37. The quantitative estimate of drug-likeness (QED) is 0.752. The molecule has 2 saturated heterocycles. The first-order valence-electron chi connectivity index (χ1n) is 8.78. The standard InChI is InChI=1S/C17H30O6/c1-17(2,19-3)21-10-12-11-8-15(18)22-13(11)9-14(12)23-16-6-4-5-7-20-16/h11-16,18H,4-10H2,1-3H3. The molecule has 6 unspecified atom stereocenters. The van der Waals surface area contributed by atoms with Gasteiger partial charge in [0.05, 0.1) is 18.8 Å². The maximum atomic E-state index is 9.78. The number of hydrogen-bond donors (Lipinski definition) is 1. The Hall–Kier alpha value is -0.240. The first kappa shape index (κ1) is 17.6. The molecule has 6 nitrogen and oxygen atoms in total. The first-order chi connectivity index (χ1) is 11.0. The van der Waals surface area contributed by atoms with E-state index in [2.05, 4.69) is 0 Å². The molecule has 1 N–H and O–H groups in total. The van der Waals surface area contributed by atoms with Crippen molar-refractivity contribution in [1.82, 2.24) is 0 Å². The van der Waals surface area contributed by atoms with Crippen molar-refractivity contribution in [3.05, 3.63) is 0 Å². The maximum absolute atomic E-state index is 9.78. The highest BCUT2D eigenvalue weighted by molar-refractivity contribution is 4.96. The Bertz CT molecular complexity index is 381. The number of aliphatic hydroxyl groups is 1. The fourth-order valence-electron chi connectivity index (χ4n) is 3.86. The Morgan fingerprint density at radius 1 is 1.22 bits per heavy atom. The maximum Gasteiger partial charge on any atom is 0.162 e. The predicted octanol–water partition coefficient (Wildman–Crippen LogP) is 2.04. The molecule has 6 atom stereocenters. The normalized spacial score (nSPS) is 41.2. The zero-order chi connectivity index (χ0) is 16.4. The van der Waals surface area contributed by atoms with Crippen LogP contribution in [0.3, 0.4) is 0 Å². The zero-order valence-electron chi connectivity index (χ0n) is 14.4. The second kappa shape index (κ2) is 7.33. The smallest absolute Gasteiger partial charge is 0.162 e. The number of rotatable bonds is 6. The van der Waals surface area contributed by atoms with Gasteiger partial charge in [-0.25, -0.2) is 0 Å².